The predicted octanol–water partition coefficient (Wildman–Crippen LogP) is 4.39. The monoisotopic (exact) mass is 280 g/mol. The van der Waals surface area contributed by atoms with Crippen molar-refractivity contribution in [1.82, 2.24) is 0 Å². The molecule has 0 bridgehead atoms. The average Bonchev–Trinajstić information content (AvgIpc) is 3.06. The van der Waals surface area contributed by atoms with E-state index in [2.05, 4.69) is 12.1 Å². The van der Waals surface area contributed by atoms with Crippen LogP contribution in [0, 0.1) is 0 Å². The van der Waals surface area contributed by atoms with E-state index in [9.17, 15) is 4.79 Å². The van der Waals surface area contributed by atoms with Gasteiger partial charge in [-0.1, -0.05) is 55.3 Å². The Bertz CT molecular complexity index is 625. The van der Waals surface area contributed by atoms with E-state index < -0.39 is 0 Å². The molecular weight excluding hydrogens is 260 g/mol. The van der Waals surface area contributed by atoms with Crippen molar-refractivity contribution >= 4 is 5.78 Å². The van der Waals surface area contributed by atoms with Crippen LogP contribution in [0.2, 0.25) is 0 Å². The highest BCUT2D eigenvalue weighted by Gasteiger charge is 2.43. The second kappa shape index (κ2) is 5.72. The lowest BCUT2D eigenvalue weighted by Gasteiger charge is -2.28. The molecule has 1 saturated carbocycles. The lowest BCUT2D eigenvalue weighted by Crippen LogP contribution is -2.33. The van der Waals surface area contributed by atoms with E-state index in [1.807, 2.05) is 42.5 Å². The number of carbonyl (C=O) groups excluding carboxylic acids is 1. The quantitative estimate of drug-likeness (QED) is 0.776. The molecule has 1 aliphatic carbocycles. The molecule has 108 valence electrons. The number of carbonyl (C=O) groups is 1. The van der Waals surface area contributed by atoms with Gasteiger partial charge in [-0.05, 0) is 30.5 Å². The summed E-state index contributed by atoms with van der Waals surface area (Å²) in [5.41, 5.74) is 1.46. The lowest BCUT2D eigenvalue weighted by atomic mass is 9.73. The number of methoxy groups -OCH3 is 1. The van der Waals surface area contributed by atoms with Crippen LogP contribution in [0.1, 0.15) is 41.6 Å². The van der Waals surface area contributed by atoms with Crippen LogP contribution in [-0.4, -0.2) is 12.9 Å². The first-order valence-electron chi connectivity index (χ1n) is 7.51. The van der Waals surface area contributed by atoms with E-state index in [1.54, 1.807) is 7.11 Å². The maximum absolute atomic E-state index is 13.3. The summed E-state index contributed by atoms with van der Waals surface area (Å²) in [5, 5.41) is 0. The summed E-state index contributed by atoms with van der Waals surface area (Å²) in [5.74, 6) is 0.869. The molecule has 0 aromatic heterocycles. The zero-order chi connectivity index (χ0) is 14.7. The zero-order valence-corrected chi connectivity index (χ0v) is 12.3. The molecule has 1 fully saturated rings. The second-order valence-electron chi connectivity index (χ2n) is 5.68. The fraction of sp³-hybridized carbons (Fsp3) is 0.316. The summed E-state index contributed by atoms with van der Waals surface area (Å²) in [7, 11) is 1.62. The molecule has 0 saturated heterocycles. The summed E-state index contributed by atoms with van der Waals surface area (Å²) >= 11 is 0. The second-order valence-corrected chi connectivity index (χ2v) is 5.68. The normalized spacial score (nSPS) is 16.6. The highest BCUT2D eigenvalue weighted by atomic mass is 16.5. The van der Waals surface area contributed by atoms with Crippen LogP contribution in [0.3, 0.4) is 0 Å². The molecule has 0 heterocycles. The van der Waals surface area contributed by atoms with Crippen molar-refractivity contribution in [3.05, 3.63) is 65.7 Å². The van der Waals surface area contributed by atoms with E-state index in [4.69, 9.17) is 4.74 Å². The molecule has 0 amide bonds. The first-order chi connectivity index (χ1) is 10.3. The SMILES string of the molecule is COc1ccccc1C(=O)C1(c2ccccc2)CCCC1. The number of hydrogen-bond acceptors (Lipinski definition) is 2. The van der Waals surface area contributed by atoms with Crippen molar-refractivity contribution < 1.29 is 9.53 Å². The third-order valence-electron chi connectivity index (χ3n) is 4.57. The number of rotatable bonds is 4. The van der Waals surface area contributed by atoms with Gasteiger partial charge in [0.15, 0.2) is 5.78 Å². The maximum atomic E-state index is 13.3. The molecule has 2 heteroatoms. The number of benzene rings is 2. The molecule has 1 aliphatic rings. The molecule has 21 heavy (non-hydrogen) atoms. The number of Topliss-reactive ketones (excluding diaryl/α,β-unsaturated/α-hetero) is 1. The molecule has 0 atom stereocenters. The van der Waals surface area contributed by atoms with Crippen LogP contribution < -0.4 is 4.74 Å². The summed E-state index contributed by atoms with van der Waals surface area (Å²) in [6.45, 7) is 0. The van der Waals surface area contributed by atoms with Crippen molar-refractivity contribution in [3.63, 3.8) is 0 Å². The third kappa shape index (κ3) is 2.35. The topological polar surface area (TPSA) is 26.3 Å². The predicted molar refractivity (Wildman–Crippen MR) is 83.9 cm³/mol. The van der Waals surface area contributed by atoms with Crippen molar-refractivity contribution in [1.29, 1.82) is 0 Å². The van der Waals surface area contributed by atoms with E-state index >= 15 is 0 Å². The van der Waals surface area contributed by atoms with Gasteiger partial charge < -0.3 is 4.74 Å². The van der Waals surface area contributed by atoms with Crippen molar-refractivity contribution in [2.75, 3.05) is 7.11 Å². The van der Waals surface area contributed by atoms with Gasteiger partial charge >= 0.3 is 0 Å². The molecule has 2 aromatic rings. The van der Waals surface area contributed by atoms with Crippen LogP contribution in [0.25, 0.3) is 0 Å². The Morgan fingerprint density at radius 1 is 0.952 bits per heavy atom. The molecule has 0 aliphatic heterocycles. The van der Waals surface area contributed by atoms with E-state index in [-0.39, 0.29) is 11.2 Å². The van der Waals surface area contributed by atoms with Crippen LogP contribution in [0.4, 0.5) is 0 Å². The molecule has 0 unspecified atom stereocenters. The summed E-state index contributed by atoms with van der Waals surface area (Å²) in [4.78, 5) is 13.3. The first kappa shape index (κ1) is 13.9. The van der Waals surface area contributed by atoms with Crippen LogP contribution in [-0.2, 0) is 5.41 Å². The van der Waals surface area contributed by atoms with Gasteiger partial charge in [0.25, 0.3) is 0 Å². The average molecular weight is 280 g/mol. The number of para-hydroxylation sites is 1. The Morgan fingerprint density at radius 3 is 2.24 bits per heavy atom. The van der Waals surface area contributed by atoms with Crippen LogP contribution in [0.5, 0.6) is 5.75 Å². The van der Waals surface area contributed by atoms with Gasteiger partial charge in [0, 0.05) is 0 Å². The Hall–Kier alpha value is -2.09. The lowest BCUT2D eigenvalue weighted by molar-refractivity contribution is 0.0883. The van der Waals surface area contributed by atoms with Gasteiger partial charge in [-0.25, -0.2) is 0 Å². The van der Waals surface area contributed by atoms with Gasteiger partial charge in [0.2, 0.25) is 0 Å². The minimum atomic E-state index is -0.379. The minimum absolute atomic E-state index is 0.198. The standard InChI is InChI=1S/C19H20O2/c1-21-17-12-6-5-11-16(17)18(20)19(13-7-8-14-19)15-9-3-2-4-10-15/h2-6,9-12H,7-8,13-14H2,1H3. The van der Waals surface area contributed by atoms with Gasteiger partial charge in [-0.3, -0.25) is 4.79 Å². The maximum Gasteiger partial charge on any atom is 0.177 e. The molecule has 0 radical (unpaired) electrons. The fourth-order valence-electron chi connectivity index (χ4n) is 3.47. The van der Waals surface area contributed by atoms with Gasteiger partial charge in [0.05, 0.1) is 18.1 Å². The summed E-state index contributed by atoms with van der Waals surface area (Å²) in [6.07, 6.45) is 4.06. The van der Waals surface area contributed by atoms with E-state index in [1.165, 1.54) is 0 Å². The number of ether oxygens (including phenoxy) is 1. The fourth-order valence-corrected chi connectivity index (χ4v) is 3.47. The molecule has 2 aromatic carbocycles. The Morgan fingerprint density at radius 2 is 1.57 bits per heavy atom. The summed E-state index contributed by atoms with van der Waals surface area (Å²) in [6, 6.07) is 17.8. The molecule has 0 N–H and O–H groups in total. The van der Waals surface area contributed by atoms with Crippen LogP contribution >= 0.6 is 0 Å². The largest absolute Gasteiger partial charge is 0.496 e. The van der Waals surface area contributed by atoms with Gasteiger partial charge in [0.1, 0.15) is 5.75 Å². The van der Waals surface area contributed by atoms with Crippen molar-refractivity contribution in [3.8, 4) is 5.75 Å². The highest BCUT2D eigenvalue weighted by Crippen LogP contribution is 2.44. The van der Waals surface area contributed by atoms with E-state index in [0.29, 0.717) is 11.3 Å². The summed E-state index contributed by atoms with van der Waals surface area (Å²) < 4.78 is 5.39. The molecule has 2 nitrogen and oxygen atoms in total. The number of hydrogen-bond donors (Lipinski definition) is 0. The first-order valence-corrected chi connectivity index (χ1v) is 7.51. The van der Waals surface area contributed by atoms with Gasteiger partial charge in [-0.2, -0.15) is 0 Å². The minimum Gasteiger partial charge on any atom is -0.496 e. The Labute approximate surface area is 125 Å². The third-order valence-corrected chi connectivity index (χ3v) is 4.57. The van der Waals surface area contributed by atoms with E-state index in [0.717, 1.165) is 31.2 Å². The smallest absolute Gasteiger partial charge is 0.177 e. The molecular formula is C19H20O2. The number of ketones is 1. The zero-order valence-electron chi connectivity index (χ0n) is 12.3. The molecule has 3 rings (SSSR count). The van der Waals surface area contributed by atoms with Crippen LogP contribution in [0.15, 0.2) is 54.6 Å². The van der Waals surface area contributed by atoms with Crippen molar-refractivity contribution in [2.24, 2.45) is 0 Å². The Kier molecular flexibility index (Phi) is 3.78. The Balaban J connectivity index is 2.08. The van der Waals surface area contributed by atoms with Gasteiger partial charge in [-0.15, -0.1) is 0 Å². The highest BCUT2D eigenvalue weighted by molar-refractivity contribution is 6.06. The molecule has 0 spiro atoms. The van der Waals surface area contributed by atoms with Crippen molar-refractivity contribution in [2.45, 2.75) is 31.1 Å².